The lowest BCUT2D eigenvalue weighted by atomic mass is 10.1. The number of hydrogen-bond donors (Lipinski definition) is 2. The van der Waals surface area contributed by atoms with Crippen LogP contribution < -0.4 is 10.6 Å². The molecule has 2 fully saturated rings. The first kappa shape index (κ1) is 24.8. The number of rotatable bonds is 6. The first-order valence-corrected chi connectivity index (χ1v) is 14.5. The normalized spacial score (nSPS) is 17.1. The van der Waals surface area contributed by atoms with Gasteiger partial charge in [-0.1, -0.05) is 13.0 Å². The lowest BCUT2D eigenvalue weighted by Crippen LogP contribution is -2.43. The third-order valence-corrected chi connectivity index (χ3v) is 9.67. The molecule has 198 valence electrons. The Bertz CT molecular complexity index is 1690. The minimum absolute atomic E-state index is 0.255. The number of nitrogens with one attached hydrogen (secondary N) is 2. The second kappa shape index (κ2) is 9.37. The van der Waals surface area contributed by atoms with Gasteiger partial charge < -0.3 is 15.2 Å². The third kappa shape index (κ3) is 4.13. The van der Waals surface area contributed by atoms with Gasteiger partial charge in [-0.3, -0.25) is 9.48 Å². The first-order valence-electron chi connectivity index (χ1n) is 13.0. The van der Waals surface area contributed by atoms with E-state index in [1.165, 1.54) is 0 Å². The van der Waals surface area contributed by atoms with Crippen LogP contribution in [0.25, 0.3) is 27.5 Å². The summed E-state index contributed by atoms with van der Waals surface area (Å²) in [5.41, 5.74) is 4.49. The number of benzene rings is 2. The molecule has 0 aliphatic carbocycles. The monoisotopic (exact) mass is 532 g/mol. The van der Waals surface area contributed by atoms with E-state index in [1.807, 2.05) is 43.1 Å². The van der Waals surface area contributed by atoms with E-state index in [4.69, 9.17) is 0 Å². The van der Waals surface area contributed by atoms with Crippen LogP contribution in [0.3, 0.4) is 0 Å². The lowest BCUT2D eigenvalue weighted by molar-refractivity contribution is -0.111. The summed E-state index contributed by atoms with van der Waals surface area (Å²) >= 11 is 0. The molecule has 2 saturated heterocycles. The molecule has 0 radical (unpaired) electrons. The van der Waals surface area contributed by atoms with Crippen LogP contribution in [-0.2, 0) is 14.8 Å². The highest BCUT2D eigenvalue weighted by atomic mass is 32.2. The molecule has 6 rings (SSSR count). The van der Waals surface area contributed by atoms with Crippen LogP contribution in [0.1, 0.15) is 36.4 Å². The lowest BCUT2D eigenvalue weighted by Gasteiger charge is -2.28. The molecule has 9 nitrogen and oxygen atoms in total. The molecule has 2 aliphatic heterocycles. The van der Waals surface area contributed by atoms with Crippen LogP contribution in [0.15, 0.2) is 54.2 Å². The standard InChI is InChI=1S/C28H32N6O3S/c1-18-11-21-14-30-34(22-15-29-16-22)27(21)13-25(18)31-28(35)20(3)33-17-19(2)24-12-23(7-8-26(24)33)38(36,37)32-9-5-4-6-10-32/h7-8,11-14,17,22,29H,3-6,9-10,15-16H2,1-2H3,(H,31,35). The number of aryl methyl sites for hydroxylation is 2. The zero-order valence-corrected chi connectivity index (χ0v) is 22.5. The van der Waals surface area contributed by atoms with Crippen molar-refractivity contribution in [2.24, 2.45) is 0 Å². The fraction of sp³-hybridized carbons (Fsp3) is 0.357. The van der Waals surface area contributed by atoms with Gasteiger partial charge in [0.2, 0.25) is 10.0 Å². The van der Waals surface area contributed by atoms with E-state index in [2.05, 4.69) is 22.3 Å². The quantitative estimate of drug-likeness (QED) is 0.365. The number of sulfonamides is 1. The molecule has 0 unspecified atom stereocenters. The molecular formula is C28H32N6O3S. The molecule has 2 aromatic carbocycles. The van der Waals surface area contributed by atoms with E-state index in [-0.39, 0.29) is 16.5 Å². The highest BCUT2D eigenvalue weighted by Crippen LogP contribution is 2.30. The second-order valence-electron chi connectivity index (χ2n) is 10.4. The maximum absolute atomic E-state index is 13.3. The Kier molecular flexibility index (Phi) is 6.13. The Morgan fingerprint density at radius 3 is 2.53 bits per heavy atom. The molecule has 2 N–H and O–H groups in total. The van der Waals surface area contributed by atoms with Crippen LogP contribution in [0.5, 0.6) is 0 Å². The summed E-state index contributed by atoms with van der Waals surface area (Å²) in [7, 11) is -3.55. The van der Waals surface area contributed by atoms with Crippen molar-refractivity contribution in [2.45, 2.75) is 44.0 Å². The van der Waals surface area contributed by atoms with E-state index in [9.17, 15) is 13.2 Å². The molecule has 1 amide bonds. The van der Waals surface area contributed by atoms with E-state index < -0.39 is 10.0 Å². The average molecular weight is 533 g/mol. The van der Waals surface area contributed by atoms with Crippen molar-refractivity contribution in [3.05, 3.63) is 60.4 Å². The fourth-order valence-corrected chi connectivity index (χ4v) is 6.94. The van der Waals surface area contributed by atoms with Gasteiger partial charge in [0.1, 0.15) is 5.70 Å². The molecule has 2 aromatic heterocycles. The van der Waals surface area contributed by atoms with Gasteiger partial charge in [0.15, 0.2) is 0 Å². The molecule has 4 aromatic rings. The van der Waals surface area contributed by atoms with Crippen molar-refractivity contribution in [1.82, 2.24) is 24.0 Å². The molecule has 4 heterocycles. The van der Waals surface area contributed by atoms with Gasteiger partial charge in [0.25, 0.3) is 5.91 Å². The zero-order chi connectivity index (χ0) is 26.6. The van der Waals surface area contributed by atoms with E-state index in [0.29, 0.717) is 24.8 Å². The fourth-order valence-electron chi connectivity index (χ4n) is 5.40. The van der Waals surface area contributed by atoms with E-state index >= 15 is 0 Å². The number of carbonyl (C=O) groups excluding carboxylic acids is 1. The van der Waals surface area contributed by atoms with Crippen LogP contribution >= 0.6 is 0 Å². The molecule has 0 saturated carbocycles. The summed E-state index contributed by atoms with van der Waals surface area (Å²) in [5.74, 6) is -0.328. The maximum Gasteiger partial charge on any atom is 0.272 e. The summed E-state index contributed by atoms with van der Waals surface area (Å²) in [6.45, 7) is 10.8. The van der Waals surface area contributed by atoms with Gasteiger partial charge in [-0.05, 0) is 68.1 Å². The molecular weight excluding hydrogens is 500 g/mol. The SMILES string of the molecule is C=C(C(=O)Nc1cc2c(cnn2C2CNC2)cc1C)n1cc(C)c2cc(S(=O)(=O)N3CCCCC3)ccc21. The Labute approximate surface area is 222 Å². The van der Waals surface area contributed by atoms with Crippen molar-refractivity contribution in [3.63, 3.8) is 0 Å². The summed E-state index contributed by atoms with van der Waals surface area (Å²) in [5, 5.41) is 12.7. The predicted octanol–water partition coefficient (Wildman–Crippen LogP) is 4.04. The Morgan fingerprint density at radius 2 is 1.82 bits per heavy atom. The first-order chi connectivity index (χ1) is 18.2. The Balaban J connectivity index is 1.28. The van der Waals surface area contributed by atoms with Gasteiger partial charge >= 0.3 is 0 Å². The number of anilines is 1. The van der Waals surface area contributed by atoms with Gasteiger partial charge in [0, 0.05) is 48.8 Å². The topological polar surface area (TPSA) is 101 Å². The van der Waals surface area contributed by atoms with Crippen LogP contribution in [-0.4, -0.2) is 59.2 Å². The van der Waals surface area contributed by atoms with Crippen molar-refractivity contribution in [1.29, 1.82) is 0 Å². The van der Waals surface area contributed by atoms with E-state index in [1.54, 1.807) is 27.1 Å². The van der Waals surface area contributed by atoms with Gasteiger partial charge in [0.05, 0.1) is 28.2 Å². The van der Waals surface area contributed by atoms with E-state index in [0.717, 1.165) is 65.3 Å². The Morgan fingerprint density at radius 1 is 1.05 bits per heavy atom. The predicted molar refractivity (Wildman–Crippen MR) is 150 cm³/mol. The highest BCUT2D eigenvalue weighted by molar-refractivity contribution is 7.89. The minimum Gasteiger partial charge on any atom is -0.320 e. The molecule has 2 aliphatic rings. The minimum atomic E-state index is -3.55. The van der Waals surface area contributed by atoms with Gasteiger partial charge in [-0.25, -0.2) is 8.42 Å². The molecule has 0 spiro atoms. The van der Waals surface area contributed by atoms with Crippen molar-refractivity contribution >= 4 is 49.1 Å². The summed E-state index contributed by atoms with van der Waals surface area (Å²) in [4.78, 5) is 13.6. The number of carbonyl (C=O) groups is 1. The van der Waals surface area contributed by atoms with Crippen molar-refractivity contribution < 1.29 is 13.2 Å². The average Bonchev–Trinajstić information content (AvgIpc) is 3.43. The maximum atomic E-state index is 13.3. The van der Waals surface area contributed by atoms with Crippen molar-refractivity contribution in [3.8, 4) is 0 Å². The van der Waals surface area contributed by atoms with Crippen LogP contribution in [0.2, 0.25) is 0 Å². The number of piperidine rings is 1. The molecule has 10 heteroatoms. The number of hydrogen-bond acceptors (Lipinski definition) is 5. The largest absolute Gasteiger partial charge is 0.320 e. The second-order valence-corrected chi connectivity index (χ2v) is 12.3. The molecule has 38 heavy (non-hydrogen) atoms. The number of aromatic nitrogens is 3. The number of amides is 1. The summed E-state index contributed by atoms with van der Waals surface area (Å²) < 4.78 is 31.7. The Hall–Kier alpha value is -3.47. The molecule has 0 bridgehead atoms. The zero-order valence-electron chi connectivity index (χ0n) is 21.7. The highest BCUT2D eigenvalue weighted by Gasteiger charge is 2.27. The smallest absolute Gasteiger partial charge is 0.272 e. The number of nitrogens with zero attached hydrogens (tertiary/aromatic N) is 4. The van der Waals surface area contributed by atoms with Gasteiger partial charge in [-0.2, -0.15) is 9.40 Å². The number of fused-ring (bicyclic) bond motifs is 2. The van der Waals surface area contributed by atoms with Crippen LogP contribution in [0, 0.1) is 13.8 Å². The summed E-state index contributed by atoms with van der Waals surface area (Å²) in [6, 6.07) is 9.42. The molecule has 0 atom stereocenters. The van der Waals surface area contributed by atoms with Crippen molar-refractivity contribution in [2.75, 3.05) is 31.5 Å². The summed E-state index contributed by atoms with van der Waals surface area (Å²) in [6.07, 6.45) is 6.53. The van der Waals surface area contributed by atoms with Crippen LogP contribution in [0.4, 0.5) is 5.69 Å². The van der Waals surface area contributed by atoms with Gasteiger partial charge in [-0.15, -0.1) is 0 Å². The third-order valence-electron chi connectivity index (χ3n) is 7.78.